The number of hydrogen-bond acceptors (Lipinski definition) is 4. The zero-order valence-corrected chi connectivity index (χ0v) is 13.7. The Balaban J connectivity index is 2.70. The SMILES string of the molecule is COCCN(CCOC)C(=O)C(C)Oc1ccc(F)cc1Cl. The molecule has 1 rings (SSSR count). The largest absolute Gasteiger partial charge is 0.479 e. The molecule has 0 saturated heterocycles. The van der Waals surface area contributed by atoms with Gasteiger partial charge in [0.2, 0.25) is 0 Å². The summed E-state index contributed by atoms with van der Waals surface area (Å²) in [4.78, 5) is 14.0. The van der Waals surface area contributed by atoms with Gasteiger partial charge in [-0.3, -0.25) is 4.79 Å². The van der Waals surface area contributed by atoms with Crippen molar-refractivity contribution in [3.8, 4) is 5.75 Å². The van der Waals surface area contributed by atoms with Crippen LogP contribution >= 0.6 is 11.6 Å². The molecule has 0 spiro atoms. The van der Waals surface area contributed by atoms with Gasteiger partial charge >= 0.3 is 0 Å². The van der Waals surface area contributed by atoms with E-state index in [9.17, 15) is 9.18 Å². The first-order valence-electron chi connectivity index (χ1n) is 6.88. The molecule has 0 aromatic heterocycles. The zero-order chi connectivity index (χ0) is 16.5. The van der Waals surface area contributed by atoms with Gasteiger partial charge in [-0.15, -0.1) is 0 Å². The Morgan fingerprint density at radius 1 is 1.27 bits per heavy atom. The van der Waals surface area contributed by atoms with Gasteiger partial charge in [0.1, 0.15) is 11.6 Å². The highest BCUT2D eigenvalue weighted by Crippen LogP contribution is 2.26. The van der Waals surface area contributed by atoms with Crippen molar-refractivity contribution in [2.45, 2.75) is 13.0 Å². The maximum atomic E-state index is 13.0. The smallest absolute Gasteiger partial charge is 0.263 e. The van der Waals surface area contributed by atoms with Crippen molar-refractivity contribution >= 4 is 17.5 Å². The molecule has 1 aromatic rings. The molecule has 7 heteroatoms. The van der Waals surface area contributed by atoms with Crippen LogP contribution in [0.1, 0.15) is 6.92 Å². The normalized spacial score (nSPS) is 12.0. The first kappa shape index (κ1) is 18.7. The number of amides is 1. The van der Waals surface area contributed by atoms with Crippen molar-refractivity contribution in [3.05, 3.63) is 29.0 Å². The Labute approximate surface area is 134 Å². The molecule has 0 aliphatic carbocycles. The van der Waals surface area contributed by atoms with Crippen LogP contribution in [0.4, 0.5) is 4.39 Å². The third-order valence-electron chi connectivity index (χ3n) is 2.99. The minimum absolute atomic E-state index is 0.125. The van der Waals surface area contributed by atoms with E-state index in [2.05, 4.69) is 0 Å². The van der Waals surface area contributed by atoms with E-state index in [1.54, 1.807) is 26.0 Å². The lowest BCUT2D eigenvalue weighted by molar-refractivity contribution is -0.139. The molecule has 124 valence electrons. The first-order valence-corrected chi connectivity index (χ1v) is 7.25. The fraction of sp³-hybridized carbons (Fsp3) is 0.533. The van der Waals surface area contributed by atoms with Crippen LogP contribution < -0.4 is 4.74 Å². The monoisotopic (exact) mass is 333 g/mol. The fourth-order valence-corrected chi connectivity index (χ4v) is 2.02. The summed E-state index contributed by atoms with van der Waals surface area (Å²) in [6.07, 6.45) is -0.753. The van der Waals surface area contributed by atoms with Gasteiger partial charge in [-0.1, -0.05) is 11.6 Å². The van der Waals surface area contributed by atoms with Crippen molar-refractivity contribution in [2.24, 2.45) is 0 Å². The van der Waals surface area contributed by atoms with Gasteiger partial charge in [-0.05, 0) is 25.1 Å². The molecule has 0 aliphatic rings. The van der Waals surface area contributed by atoms with Crippen molar-refractivity contribution in [2.75, 3.05) is 40.5 Å². The van der Waals surface area contributed by atoms with Crippen molar-refractivity contribution < 1.29 is 23.4 Å². The standard InChI is InChI=1S/C15H21ClFNO4/c1-11(22-14-5-4-12(17)10-13(14)16)15(19)18(6-8-20-2)7-9-21-3/h4-5,10-11H,6-9H2,1-3H3. The second-order valence-corrected chi connectivity index (χ2v) is 5.05. The van der Waals surface area contributed by atoms with E-state index in [4.69, 9.17) is 25.8 Å². The molecule has 0 N–H and O–H groups in total. The van der Waals surface area contributed by atoms with E-state index in [1.807, 2.05) is 0 Å². The molecule has 0 aliphatic heterocycles. The highest BCUT2D eigenvalue weighted by molar-refractivity contribution is 6.32. The molecule has 5 nitrogen and oxygen atoms in total. The number of methoxy groups -OCH3 is 2. The van der Waals surface area contributed by atoms with Crippen LogP contribution in [0.5, 0.6) is 5.75 Å². The van der Waals surface area contributed by atoms with E-state index in [-0.39, 0.29) is 16.7 Å². The molecule has 0 bridgehead atoms. The number of carbonyl (C=O) groups excluding carboxylic acids is 1. The number of halogens is 2. The van der Waals surface area contributed by atoms with Crippen LogP contribution in [0.15, 0.2) is 18.2 Å². The van der Waals surface area contributed by atoms with Gasteiger partial charge in [-0.2, -0.15) is 0 Å². The van der Waals surface area contributed by atoms with Gasteiger partial charge < -0.3 is 19.1 Å². The van der Waals surface area contributed by atoms with Crippen LogP contribution in [-0.4, -0.2) is 57.4 Å². The molecule has 0 radical (unpaired) electrons. The Morgan fingerprint density at radius 2 is 1.86 bits per heavy atom. The molecule has 22 heavy (non-hydrogen) atoms. The van der Waals surface area contributed by atoms with Crippen molar-refractivity contribution in [3.63, 3.8) is 0 Å². The maximum Gasteiger partial charge on any atom is 0.263 e. The van der Waals surface area contributed by atoms with Crippen LogP contribution in [0.3, 0.4) is 0 Å². The summed E-state index contributed by atoms with van der Waals surface area (Å²) in [6, 6.07) is 3.77. The summed E-state index contributed by atoms with van der Waals surface area (Å²) < 4.78 is 28.5. The Morgan fingerprint density at radius 3 is 2.36 bits per heavy atom. The lowest BCUT2D eigenvalue weighted by Gasteiger charge is -2.25. The van der Waals surface area contributed by atoms with E-state index in [0.717, 1.165) is 6.07 Å². The molecular weight excluding hydrogens is 313 g/mol. The van der Waals surface area contributed by atoms with E-state index in [0.29, 0.717) is 26.3 Å². The lowest BCUT2D eigenvalue weighted by Crippen LogP contribution is -2.43. The number of hydrogen-bond donors (Lipinski definition) is 0. The minimum Gasteiger partial charge on any atom is -0.479 e. The maximum absolute atomic E-state index is 13.0. The Bertz CT molecular complexity index is 479. The van der Waals surface area contributed by atoms with Gasteiger partial charge in [0.15, 0.2) is 6.10 Å². The minimum atomic E-state index is -0.753. The van der Waals surface area contributed by atoms with E-state index in [1.165, 1.54) is 12.1 Å². The van der Waals surface area contributed by atoms with Crippen molar-refractivity contribution in [1.29, 1.82) is 0 Å². The van der Waals surface area contributed by atoms with Gasteiger partial charge in [-0.25, -0.2) is 4.39 Å². The number of rotatable bonds is 9. The second kappa shape index (κ2) is 9.61. The Hall–Kier alpha value is -1.37. The molecular formula is C15H21ClFNO4. The zero-order valence-electron chi connectivity index (χ0n) is 13.0. The first-order chi connectivity index (χ1) is 10.5. The van der Waals surface area contributed by atoms with Crippen LogP contribution in [0.25, 0.3) is 0 Å². The average molecular weight is 334 g/mol. The fourth-order valence-electron chi connectivity index (χ4n) is 1.80. The third-order valence-corrected chi connectivity index (χ3v) is 3.28. The van der Waals surface area contributed by atoms with Crippen LogP contribution in [-0.2, 0) is 14.3 Å². The van der Waals surface area contributed by atoms with Crippen molar-refractivity contribution in [1.82, 2.24) is 4.90 Å². The highest BCUT2D eigenvalue weighted by atomic mass is 35.5. The Kier molecular flexibility index (Phi) is 8.16. The molecule has 1 aromatic carbocycles. The number of ether oxygens (including phenoxy) is 3. The summed E-state index contributed by atoms with van der Waals surface area (Å²) in [5, 5.41) is 0.125. The molecule has 0 saturated carbocycles. The molecule has 1 unspecified atom stereocenters. The topological polar surface area (TPSA) is 48.0 Å². The quantitative estimate of drug-likeness (QED) is 0.696. The lowest BCUT2D eigenvalue weighted by atomic mass is 10.3. The molecule has 1 atom stereocenters. The summed E-state index contributed by atoms with van der Waals surface area (Å²) in [6.45, 7) is 3.32. The summed E-state index contributed by atoms with van der Waals surface area (Å²) in [5.41, 5.74) is 0. The number of benzene rings is 1. The summed E-state index contributed by atoms with van der Waals surface area (Å²) >= 11 is 5.90. The third kappa shape index (κ3) is 5.79. The van der Waals surface area contributed by atoms with Gasteiger partial charge in [0, 0.05) is 27.3 Å². The van der Waals surface area contributed by atoms with Crippen LogP contribution in [0.2, 0.25) is 5.02 Å². The molecule has 0 heterocycles. The predicted molar refractivity (Wildman–Crippen MR) is 81.8 cm³/mol. The molecule has 0 fully saturated rings. The second-order valence-electron chi connectivity index (χ2n) is 4.65. The number of nitrogens with zero attached hydrogens (tertiary/aromatic N) is 1. The van der Waals surface area contributed by atoms with E-state index < -0.39 is 11.9 Å². The average Bonchev–Trinajstić information content (AvgIpc) is 2.49. The number of carbonyl (C=O) groups is 1. The van der Waals surface area contributed by atoms with Gasteiger partial charge in [0.25, 0.3) is 5.91 Å². The van der Waals surface area contributed by atoms with Gasteiger partial charge in [0.05, 0.1) is 18.2 Å². The summed E-state index contributed by atoms with van der Waals surface area (Å²) in [5.74, 6) is -0.407. The highest BCUT2D eigenvalue weighted by Gasteiger charge is 2.22. The van der Waals surface area contributed by atoms with Crippen LogP contribution in [0, 0.1) is 5.82 Å². The predicted octanol–water partition coefficient (Wildman–Crippen LogP) is 2.37. The molecule has 1 amide bonds. The summed E-state index contributed by atoms with van der Waals surface area (Å²) in [7, 11) is 3.13. The van der Waals surface area contributed by atoms with E-state index >= 15 is 0 Å².